The lowest BCUT2D eigenvalue weighted by Gasteiger charge is -2.32. The minimum atomic E-state index is -0.231. The Hall–Kier alpha value is -2.19. The van der Waals surface area contributed by atoms with Crippen molar-refractivity contribution in [2.24, 2.45) is 11.7 Å². The SMILES string of the molecule is COc1cc(OC)c(C(=O)N2CCCC(C(=O)NCCN)C2)cc1OC.Cl. The first-order chi connectivity index (χ1) is 12.5. The molecular formula is C18H28ClN3O5. The van der Waals surface area contributed by atoms with E-state index < -0.39 is 0 Å². The smallest absolute Gasteiger partial charge is 0.257 e. The Morgan fingerprint density at radius 1 is 1.15 bits per heavy atom. The number of amides is 2. The molecule has 27 heavy (non-hydrogen) atoms. The molecule has 1 aliphatic heterocycles. The van der Waals surface area contributed by atoms with E-state index in [2.05, 4.69) is 5.32 Å². The van der Waals surface area contributed by atoms with Crippen LogP contribution in [0.3, 0.4) is 0 Å². The van der Waals surface area contributed by atoms with Gasteiger partial charge in [0.25, 0.3) is 5.91 Å². The van der Waals surface area contributed by atoms with Gasteiger partial charge in [0.15, 0.2) is 11.5 Å². The zero-order chi connectivity index (χ0) is 19.1. The van der Waals surface area contributed by atoms with Gasteiger partial charge in [-0.25, -0.2) is 0 Å². The van der Waals surface area contributed by atoms with Crippen LogP contribution in [0.5, 0.6) is 17.2 Å². The highest BCUT2D eigenvalue weighted by molar-refractivity contribution is 5.98. The second kappa shape index (κ2) is 10.8. The monoisotopic (exact) mass is 401 g/mol. The van der Waals surface area contributed by atoms with Gasteiger partial charge in [0.1, 0.15) is 5.75 Å². The Kier molecular flexibility index (Phi) is 9.17. The van der Waals surface area contributed by atoms with Crippen LogP contribution in [-0.4, -0.2) is 64.2 Å². The zero-order valence-electron chi connectivity index (χ0n) is 15.9. The van der Waals surface area contributed by atoms with Gasteiger partial charge in [0, 0.05) is 38.3 Å². The number of nitrogens with two attached hydrogens (primary N) is 1. The molecule has 1 heterocycles. The molecule has 1 unspecified atom stereocenters. The molecule has 9 heteroatoms. The van der Waals surface area contributed by atoms with Crippen molar-refractivity contribution in [2.45, 2.75) is 12.8 Å². The highest BCUT2D eigenvalue weighted by Crippen LogP contribution is 2.35. The van der Waals surface area contributed by atoms with Gasteiger partial charge < -0.3 is 30.2 Å². The minimum Gasteiger partial charge on any atom is -0.496 e. The number of nitrogens with zero attached hydrogens (tertiary/aromatic N) is 1. The number of methoxy groups -OCH3 is 3. The van der Waals surface area contributed by atoms with Gasteiger partial charge in [-0.3, -0.25) is 9.59 Å². The number of nitrogens with one attached hydrogen (secondary N) is 1. The quantitative estimate of drug-likeness (QED) is 0.708. The fraction of sp³-hybridized carbons (Fsp3) is 0.556. The summed E-state index contributed by atoms with van der Waals surface area (Å²) in [7, 11) is 4.53. The first-order valence-corrected chi connectivity index (χ1v) is 8.62. The van der Waals surface area contributed by atoms with Crippen LogP contribution in [-0.2, 0) is 4.79 Å². The first kappa shape index (κ1) is 22.9. The van der Waals surface area contributed by atoms with E-state index in [1.807, 2.05) is 0 Å². The van der Waals surface area contributed by atoms with Crippen molar-refractivity contribution in [3.8, 4) is 17.2 Å². The summed E-state index contributed by atoms with van der Waals surface area (Å²) in [5, 5.41) is 2.79. The molecule has 2 amide bonds. The number of halogens is 1. The number of piperidine rings is 1. The van der Waals surface area contributed by atoms with Crippen molar-refractivity contribution in [1.29, 1.82) is 0 Å². The summed E-state index contributed by atoms with van der Waals surface area (Å²) in [6, 6.07) is 3.24. The molecule has 152 valence electrons. The van der Waals surface area contributed by atoms with E-state index in [9.17, 15) is 9.59 Å². The molecule has 1 saturated heterocycles. The molecule has 1 fully saturated rings. The average molecular weight is 402 g/mol. The van der Waals surface area contributed by atoms with Crippen LogP contribution in [0.2, 0.25) is 0 Å². The molecule has 0 spiro atoms. The highest BCUT2D eigenvalue weighted by atomic mass is 35.5. The maximum absolute atomic E-state index is 13.0. The Labute approximate surface area is 165 Å². The Balaban J connectivity index is 0.00000364. The topological polar surface area (TPSA) is 103 Å². The first-order valence-electron chi connectivity index (χ1n) is 8.62. The predicted octanol–water partition coefficient (Wildman–Crippen LogP) is 1.06. The standard InChI is InChI=1S/C18H27N3O5.ClH/c1-24-14-10-16(26-3)15(25-2)9-13(14)18(23)21-8-4-5-12(11-21)17(22)20-7-6-19;/h9-10,12H,4-8,11,19H2,1-3H3,(H,20,22);1H. The van der Waals surface area contributed by atoms with Gasteiger partial charge in [0.05, 0.1) is 32.8 Å². The van der Waals surface area contributed by atoms with Crippen molar-refractivity contribution in [2.75, 3.05) is 47.5 Å². The maximum atomic E-state index is 13.0. The molecule has 0 radical (unpaired) electrons. The minimum absolute atomic E-state index is 0. The van der Waals surface area contributed by atoms with Crippen molar-refractivity contribution in [3.63, 3.8) is 0 Å². The van der Waals surface area contributed by atoms with E-state index in [4.69, 9.17) is 19.9 Å². The third-order valence-corrected chi connectivity index (χ3v) is 4.46. The highest BCUT2D eigenvalue weighted by Gasteiger charge is 2.30. The van der Waals surface area contributed by atoms with Gasteiger partial charge in [-0.05, 0) is 12.8 Å². The summed E-state index contributed by atoms with van der Waals surface area (Å²) in [6.45, 7) is 1.79. The molecular weight excluding hydrogens is 374 g/mol. The van der Waals surface area contributed by atoms with Crippen molar-refractivity contribution in [1.82, 2.24) is 10.2 Å². The van der Waals surface area contributed by atoms with Gasteiger partial charge >= 0.3 is 0 Å². The second-order valence-electron chi connectivity index (χ2n) is 6.08. The van der Waals surface area contributed by atoms with Crippen LogP contribution in [0.1, 0.15) is 23.2 Å². The number of carbonyl (C=O) groups is 2. The van der Waals surface area contributed by atoms with Gasteiger partial charge in [-0.15, -0.1) is 12.4 Å². The predicted molar refractivity (Wildman–Crippen MR) is 104 cm³/mol. The molecule has 2 rings (SSSR count). The number of hydrogen-bond acceptors (Lipinski definition) is 6. The molecule has 0 bridgehead atoms. The third-order valence-electron chi connectivity index (χ3n) is 4.46. The van der Waals surface area contributed by atoms with Crippen molar-refractivity contribution >= 4 is 24.2 Å². The largest absolute Gasteiger partial charge is 0.496 e. The van der Waals surface area contributed by atoms with Gasteiger partial charge in [-0.2, -0.15) is 0 Å². The molecule has 3 N–H and O–H groups in total. The van der Waals surface area contributed by atoms with E-state index in [0.717, 1.165) is 12.8 Å². The van der Waals surface area contributed by atoms with Crippen LogP contribution in [0.15, 0.2) is 12.1 Å². The number of likely N-dealkylation sites (tertiary alicyclic amines) is 1. The molecule has 0 saturated carbocycles. The number of benzene rings is 1. The summed E-state index contributed by atoms with van der Waals surface area (Å²) in [5.74, 6) is 0.851. The van der Waals surface area contributed by atoms with Crippen molar-refractivity contribution in [3.05, 3.63) is 17.7 Å². The van der Waals surface area contributed by atoms with Crippen LogP contribution in [0.25, 0.3) is 0 Å². The molecule has 0 aromatic heterocycles. The molecule has 1 aliphatic rings. The zero-order valence-corrected chi connectivity index (χ0v) is 16.8. The fourth-order valence-corrected chi connectivity index (χ4v) is 3.08. The van der Waals surface area contributed by atoms with Crippen LogP contribution in [0, 0.1) is 5.92 Å². The van der Waals surface area contributed by atoms with E-state index in [-0.39, 0.29) is 30.1 Å². The summed E-state index contributed by atoms with van der Waals surface area (Å²) < 4.78 is 15.9. The molecule has 1 aromatic carbocycles. The number of ether oxygens (including phenoxy) is 3. The van der Waals surface area contributed by atoms with E-state index >= 15 is 0 Å². The van der Waals surface area contributed by atoms with E-state index in [1.54, 1.807) is 17.0 Å². The van der Waals surface area contributed by atoms with E-state index in [0.29, 0.717) is 49.0 Å². The normalized spacial score (nSPS) is 16.1. The summed E-state index contributed by atoms with van der Waals surface area (Å²) in [6.07, 6.45) is 1.52. The van der Waals surface area contributed by atoms with Gasteiger partial charge in [0.2, 0.25) is 5.91 Å². The lowest BCUT2D eigenvalue weighted by Crippen LogP contribution is -2.46. The van der Waals surface area contributed by atoms with Crippen molar-refractivity contribution < 1.29 is 23.8 Å². The Morgan fingerprint density at radius 2 is 1.78 bits per heavy atom. The van der Waals surface area contributed by atoms with Crippen LogP contribution >= 0.6 is 12.4 Å². The van der Waals surface area contributed by atoms with E-state index in [1.165, 1.54) is 21.3 Å². The lowest BCUT2D eigenvalue weighted by atomic mass is 9.96. The molecule has 8 nitrogen and oxygen atoms in total. The number of carbonyl (C=O) groups excluding carboxylic acids is 2. The maximum Gasteiger partial charge on any atom is 0.257 e. The number of rotatable bonds is 7. The fourth-order valence-electron chi connectivity index (χ4n) is 3.08. The van der Waals surface area contributed by atoms with Crippen LogP contribution < -0.4 is 25.3 Å². The average Bonchev–Trinajstić information content (AvgIpc) is 2.70. The third kappa shape index (κ3) is 5.40. The summed E-state index contributed by atoms with van der Waals surface area (Å²) >= 11 is 0. The summed E-state index contributed by atoms with van der Waals surface area (Å²) in [4.78, 5) is 26.9. The molecule has 1 atom stereocenters. The van der Waals surface area contributed by atoms with Gasteiger partial charge in [-0.1, -0.05) is 0 Å². The Bertz CT molecular complexity index is 656. The van der Waals surface area contributed by atoms with Crippen LogP contribution in [0.4, 0.5) is 0 Å². The molecule has 1 aromatic rings. The number of hydrogen-bond donors (Lipinski definition) is 2. The lowest BCUT2D eigenvalue weighted by molar-refractivity contribution is -0.126. The summed E-state index contributed by atoms with van der Waals surface area (Å²) in [5.41, 5.74) is 5.81. The molecule has 0 aliphatic carbocycles. The second-order valence-corrected chi connectivity index (χ2v) is 6.08. The Morgan fingerprint density at radius 3 is 2.37 bits per heavy atom.